The van der Waals surface area contributed by atoms with Crippen LogP contribution in [0.2, 0.25) is 0 Å². The number of benzene rings is 2. The van der Waals surface area contributed by atoms with Crippen LogP contribution < -0.4 is 5.32 Å². The Hall–Kier alpha value is -3.66. The smallest absolute Gasteiger partial charge is 0.360 e. The summed E-state index contributed by atoms with van der Waals surface area (Å²) in [7, 11) is 0. The van der Waals surface area contributed by atoms with Crippen molar-refractivity contribution in [3.63, 3.8) is 0 Å². The molecule has 3 rings (SSSR count). The number of nitrogens with zero attached hydrogens (tertiary/aromatic N) is 2. The second-order valence-corrected chi connectivity index (χ2v) is 5.34. The first-order valence-electron chi connectivity index (χ1n) is 7.53. The average Bonchev–Trinajstić information content (AvgIpc) is 3.06. The van der Waals surface area contributed by atoms with Crippen LogP contribution in [0.5, 0.6) is 0 Å². The SMILES string of the molecule is C[C@@H](OC(=O)c1n[nH]c2ccccc12)C(=O)Nc1ccc(C#N)cc1. The first-order valence-corrected chi connectivity index (χ1v) is 7.53. The van der Waals surface area contributed by atoms with E-state index in [2.05, 4.69) is 15.5 Å². The Morgan fingerprint density at radius 1 is 1.20 bits per heavy atom. The van der Waals surface area contributed by atoms with Gasteiger partial charge >= 0.3 is 5.97 Å². The summed E-state index contributed by atoms with van der Waals surface area (Å²) in [6.07, 6.45) is -1.00. The molecule has 0 spiro atoms. The van der Waals surface area contributed by atoms with E-state index in [0.717, 1.165) is 0 Å². The summed E-state index contributed by atoms with van der Waals surface area (Å²) in [6.45, 7) is 1.48. The molecule has 0 aliphatic carbocycles. The van der Waals surface area contributed by atoms with Crippen LogP contribution in [-0.2, 0) is 9.53 Å². The molecule has 0 bridgehead atoms. The van der Waals surface area contributed by atoms with E-state index in [-0.39, 0.29) is 5.69 Å². The molecule has 0 radical (unpaired) electrons. The van der Waals surface area contributed by atoms with E-state index < -0.39 is 18.0 Å². The largest absolute Gasteiger partial charge is 0.448 e. The van der Waals surface area contributed by atoms with Gasteiger partial charge in [0.25, 0.3) is 5.91 Å². The van der Waals surface area contributed by atoms with Crippen molar-refractivity contribution in [3.8, 4) is 6.07 Å². The molecule has 1 amide bonds. The fourth-order valence-corrected chi connectivity index (χ4v) is 2.26. The number of rotatable bonds is 4. The Bertz CT molecular complexity index is 970. The molecule has 7 heteroatoms. The number of nitrogens with one attached hydrogen (secondary N) is 2. The van der Waals surface area contributed by atoms with Gasteiger partial charge in [0.2, 0.25) is 0 Å². The number of para-hydroxylation sites is 1. The highest BCUT2D eigenvalue weighted by atomic mass is 16.5. The fraction of sp³-hybridized carbons (Fsp3) is 0.111. The maximum absolute atomic E-state index is 12.2. The highest BCUT2D eigenvalue weighted by Gasteiger charge is 2.22. The summed E-state index contributed by atoms with van der Waals surface area (Å²) in [6, 6.07) is 15.5. The third-order valence-electron chi connectivity index (χ3n) is 3.60. The van der Waals surface area contributed by atoms with Gasteiger partial charge in [-0.3, -0.25) is 9.89 Å². The van der Waals surface area contributed by atoms with Crippen molar-refractivity contribution < 1.29 is 14.3 Å². The molecule has 0 unspecified atom stereocenters. The molecule has 1 atom stereocenters. The van der Waals surface area contributed by atoms with E-state index in [1.54, 1.807) is 42.5 Å². The van der Waals surface area contributed by atoms with Crippen LogP contribution >= 0.6 is 0 Å². The molecule has 0 fully saturated rings. The van der Waals surface area contributed by atoms with Crippen molar-refractivity contribution in [2.75, 3.05) is 5.32 Å². The lowest BCUT2D eigenvalue weighted by atomic mass is 10.2. The van der Waals surface area contributed by atoms with Crippen LogP contribution in [0.3, 0.4) is 0 Å². The summed E-state index contributed by atoms with van der Waals surface area (Å²) in [5, 5.41) is 18.7. The molecule has 2 aromatic carbocycles. The molecule has 1 heterocycles. The molecule has 0 saturated heterocycles. The number of carbonyl (C=O) groups is 2. The fourth-order valence-electron chi connectivity index (χ4n) is 2.26. The zero-order chi connectivity index (χ0) is 17.8. The lowest BCUT2D eigenvalue weighted by Gasteiger charge is -2.13. The van der Waals surface area contributed by atoms with Crippen LogP contribution in [0.25, 0.3) is 10.9 Å². The van der Waals surface area contributed by atoms with Gasteiger partial charge in [-0.05, 0) is 37.3 Å². The van der Waals surface area contributed by atoms with Crippen molar-refractivity contribution >= 4 is 28.5 Å². The van der Waals surface area contributed by atoms with Crippen molar-refractivity contribution in [2.24, 2.45) is 0 Å². The highest BCUT2D eigenvalue weighted by molar-refractivity contribution is 6.03. The van der Waals surface area contributed by atoms with E-state index in [0.29, 0.717) is 22.2 Å². The van der Waals surface area contributed by atoms with Crippen LogP contribution in [0.15, 0.2) is 48.5 Å². The highest BCUT2D eigenvalue weighted by Crippen LogP contribution is 2.17. The Morgan fingerprint density at radius 3 is 2.64 bits per heavy atom. The molecule has 3 aromatic rings. The normalized spacial score (nSPS) is 11.5. The molecule has 25 heavy (non-hydrogen) atoms. The maximum Gasteiger partial charge on any atom is 0.360 e. The molecule has 7 nitrogen and oxygen atoms in total. The zero-order valence-electron chi connectivity index (χ0n) is 13.3. The third kappa shape index (κ3) is 3.48. The lowest BCUT2D eigenvalue weighted by Crippen LogP contribution is -2.30. The van der Waals surface area contributed by atoms with Crippen LogP contribution in [0, 0.1) is 11.3 Å². The lowest BCUT2D eigenvalue weighted by molar-refractivity contribution is -0.123. The molecule has 0 aliphatic heterocycles. The summed E-state index contributed by atoms with van der Waals surface area (Å²) >= 11 is 0. The van der Waals surface area contributed by atoms with E-state index in [1.807, 2.05) is 12.1 Å². The van der Waals surface area contributed by atoms with E-state index in [9.17, 15) is 9.59 Å². The molecule has 2 N–H and O–H groups in total. The van der Waals surface area contributed by atoms with Gasteiger partial charge in [-0.25, -0.2) is 4.79 Å². The molecule has 0 saturated carbocycles. The van der Waals surface area contributed by atoms with Crippen LogP contribution in [0.1, 0.15) is 23.0 Å². The van der Waals surface area contributed by atoms with E-state index in [1.165, 1.54) is 6.92 Å². The van der Waals surface area contributed by atoms with Gasteiger partial charge in [-0.15, -0.1) is 0 Å². The Kier molecular flexibility index (Phi) is 4.44. The predicted octanol–water partition coefficient (Wildman–Crippen LogP) is 2.62. The van der Waals surface area contributed by atoms with Gasteiger partial charge < -0.3 is 10.1 Å². The third-order valence-corrected chi connectivity index (χ3v) is 3.60. The quantitative estimate of drug-likeness (QED) is 0.713. The number of nitriles is 1. The van der Waals surface area contributed by atoms with E-state index in [4.69, 9.17) is 10.00 Å². The monoisotopic (exact) mass is 334 g/mol. The van der Waals surface area contributed by atoms with Crippen LogP contribution in [-0.4, -0.2) is 28.2 Å². The van der Waals surface area contributed by atoms with Gasteiger partial charge in [0, 0.05) is 11.1 Å². The Morgan fingerprint density at radius 2 is 1.92 bits per heavy atom. The summed E-state index contributed by atoms with van der Waals surface area (Å²) < 4.78 is 5.20. The van der Waals surface area contributed by atoms with Crippen molar-refractivity contribution in [3.05, 3.63) is 59.8 Å². The number of amides is 1. The average molecular weight is 334 g/mol. The topological polar surface area (TPSA) is 108 Å². The second-order valence-electron chi connectivity index (χ2n) is 5.34. The standard InChI is InChI=1S/C18H14N4O3/c1-11(17(23)20-13-8-6-12(10-19)7-9-13)25-18(24)16-14-4-2-3-5-15(14)21-22-16/h2-9,11H,1H3,(H,20,23)(H,21,22)/t11-/m1/s1. The number of H-pyrrole nitrogens is 1. The number of fused-ring (bicyclic) bond motifs is 1. The van der Waals surface area contributed by atoms with Gasteiger partial charge in [0.15, 0.2) is 11.8 Å². The summed E-state index contributed by atoms with van der Waals surface area (Å²) in [4.78, 5) is 24.4. The number of hydrogen-bond acceptors (Lipinski definition) is 5. The van der Waals surface area contributed by atoms with Crippen molar-refractivity contribution in [2.45, 2.75) is 13.0 Å². The number of aromatic nitrogens is 2. The maximum atomic E-state index is 12.2. The minimum atomic E-state index is -1.00. The molecule has 1 aromatic heterocycles. The number of ether oxygens (including phenoxy) is 1. The molecular weight excluding hydrogens is 320 g/mol. The molecular formula is C18H14N4O3. The second kappa shape index (κ2) is 6.84. The van der Waals surface area contributed by atoms with Crippen molar-refractivity contribution in [1.82, 2.24) is 10.2 Å². The van der Waals surface area contributed by atoms with Gasteiger partial charge in [-0.2, -0.15) is 10.4 Å². The van der Waals surface area contributed by atoms with E-state index >= 15 is 0 Å². The number of carbonyl (C=O) groups excluding carboxylic acids is 2. The Labute approximate surface area is 143 Å². The minimum Gasteiger partial charge on any atom is -0.448 e. The first-order chi connectivity index (χ1) is 12.1. The number of aromatic amines is 1. The first kappa shape index (κ1) is 16.2. The van der Waals surface area contributed by atoms with Crippen LogP contribution in [0.4, 0.5) is 5.69 Å². The molecule has 0 aliphatic rings. The Balaban J connectivity index is 1.66. The van der Waals surface area contributed by atoms with Gasteiger partial charge in [0.05, 0.1) is 17.1 Å². The van der Waals surface area contributed by atoms with Gasteiger partial charge in [0.1, 0.15) is 0 Å². The zero-order valence-corrected chi connectivity index (χ0v) is 13.3. The predicted molar refractivity (Wildman–Crippen MR) is 90.8 cm³/mol. The summed E-state index contributed by atoms with van der Waals surface area (Å²) in [5.41, 5.74) is 1.85. The number of anilines is 1. The van der Waals surface area contributed by atoms with Gasteiger partial charge in [-0.1, -0.05) is 18.2 Å². The number of hydrogen-bond donors (Lipinski definition) is 2. The summed E-state index contributed by atoms with van der Waals surface area (Å²) in [5.74, 6) is -1.15. The number of esters is 1. The molecule has 124 valence electrons. The van der Waals surface area contributed by atoms with Crippen molar-refractivity contribution in [1.29, 1.82) is 5.26 Å². The minimum absolute atomic E-state index is 0.133.